The molecule has 1 atom stereocenters. The first kappa shape index (κ1) is 29.6. The molecular formula is C32H29IN2O6S. The Morgan fingerprint density at radius 3 is 2.62 bits per heavy atom. The number of nitrogens with zero attached hydrogens (tertiary/aromatic N) is 2. The molecule has 3 aromatic carbocycles. The highest BCUT2D eigenvalue weighted by Gasteiger charge is 2.36. The van der Waals surface area contributed by atoms with Crippen LogP contribution < -0.4 is 29.1 Å². The van der Waals surface area contributed by atoms with Crippen molar-refractivity contribution in [3.05, 3.63) is 107 Å². The van der Waals surface area contributed by atoms with E-state index in [2.05, 4.69) is 29.2 Å². The number of halogens is 1. The number of thiazole rings is 1. The van der Waals surface area contributed by atoms with Crippen molar-refractivity contribution >= 4 is 56.7 Å². The number of methoxy groups -OCH3 is 2. The van der Waals surface area contributed by atoms with Gasteiger partial charge in [0.2, 0.25) is 0 Å². The molecule has 1 aliphatic heterocycles. The second kappa shape index (κ2) is 12.5. The van der Waals surface area contributed by atoms with Gasteiger partial charge in [0.25, 0.3) is 5.56 Å². The van der Waals surface area contributed by atoms with E-state index in [4.69, 9.17) is 23.9 Å². The van der Waals surface area contributed by atoms with E-state index in [1.54, 1.807) is 44.8 Å². The fourth-order valence-corrected chi connectivity index (χ4v) is 6.88. The first-order valence-electron chi connectivity index (χ1n) is 13.2. The topological polar surface area (TPSA) is 88.4 Å². The fraction of sp³-hybridized carbons (Fsp3) is 0.219. The zero-order valence-corrected chi connectivity index (χ0v) is 26.6. The van der Waals surface area contributed by atoms with E-state index in [1.807, 2.05) is 48.5 Å². The summed E-state index contributed by atoms with van der Waals surface area (Å²) in [4.78, 5) is 32.8. The molecule has 0 radical (unpaired) electrons. The van der Waals surface area contributed by atoms with Crippen LogP contribution in [0.2, 0.25) is 0 Å². The summed E-state index contributed by atoms with van der Waals surface area (Å²) in [6.45, 7) is 7.74. The molecule has 0 N–H and O–H groups in total. The van der Waals surface area contributed by atoms with Crippen LogP contribution in [0, 0.1) is 3.57 Å². The summed E-state index contributed by atoms with van der Waals surface area (Å²) < 4.78 is 25.5. The Labute approximate surface area is 260 Å². The zero-order valence-electron chi connectivity index (χ0n) is 23.6. The first-order chi connectivity index (χ1) is 20.3. The van der Waals surface area contributed by atoms with E-state index in [0.29, 0.717) is 50.0 Å². The number of fused-ring (bicyclic) bond motifs is 2. The Balaban J connectivity index is 1.78. The predicted octanol–water partition coefficient (Wildman–Crippen LogP) is 5.14. The van der Waals surface area contributed by atoms with Crippen molar-refractivity contribution < 1.29 is 23.7 Å². The third-order valence-electron chi connectivity index (χ3n) is 6.84. The van der Waals surface area contributed by atoms with Gasteiger partial charge in [-0.1, -0.05) is 54.3 Å². The summed E-state index contributed by atoms with van der Waals surface area (Å²) >= 11 is 3.44. The quantitative estimate of drug-likeness (QED) is 0.137. The molecule has 1 aromatic heterocycles. The van der Waals surface area contributed by atoms with Crippen molar-refractivity contribution in [1.82, 2.24) is 4.57 Å². The van der Waals surface area contributed by atoms with Crippen LogP contribution in [0.3, 0.4) is 0 Å². The zero-order chi connectivity index (χ0) is 30.0. The van der Waals surface area contributed by atoms with E-state index in [0.717, 1.165) is 19.9 Å². The van der Waals surface area contributed by atoms with Gasteiger partial charge < -0.3 is 18.9 Å². The Hall–Kier alpha value is -3.90. The molecule has 4 aromatic rings. The minimum atomic E-state index is -0.812. The first-order valence-corrected chi connectivity index (χ1v) is 15.1. The maximum Gasteiger partial charge on any atom is 0.338 e. The van der Waals surface area contributed by atoms with Gasteiger partial charge in [0.1, 0.15) is 18.4 Å². The van der Waals surface area contributed by atoms with Gasteiger partial charge in [-0.2, -0.15) is 0 Å². The number of aromatic nitrogens is 1. The van der Waals surface area contributed by atoms with Crippen molar-refractivity contribution in [2.45, 2.75) is 19.9 Å². The van der Waals surface area contributed by atoms with Crippen LogP contribution in [0.4, 0.5) is 0 Å². The molecule has 216 valence electrons. The number of esters is 1. The molecular weight excluding hydrogens is 667 g/mol. The van der Waals surface area contributed by atoms with Crippen LogP contribution in [-0.4, -0.2) is 38.0 Å². The molecule has 0 fully saturated rings. The molecule has 0 amide bonds. The summed E-state index contributed by atoms with van der Waals surface area (Å²) in [6.07, 6.45) is 3.46. The molecule has 0 spiro atoms. The number of hydrogen-bond donors (Lipinski definition) is 0. The van der Waals surface area contributed by atoms with Gasteiger partial charge in [0, 0.05) is 5.56 Å². The van der Waals surface area contributed by atoms with Crippen molar-refractivity contribution in [1.29, 1.82) is 0 Å². The molecule has 8 nitrogen and oxygen atoms in total. The highest BCUT2D eigenvalue weighted by molar-refractivity contribution is 14.1. The van der Waals surface area contributed by atoms with E-state index < -0.39 is 12.0 Å². The van der Waals surface area contributed by atoms with Gasteiger partial charge in [-0.3, -0.25) is 9.36 Å². The minimum absolute atomic E-state index is 0.187. The number of rotatable bonds is 9. The lowest BCUT2D eigenvalue weighted by Crippen LogP contribution is -2.40. The number of carbonyl (C=O) groups is 1. The highest BCUT2D eigenvalue weighted by atomic mass is 127. The summed E-state index contributed by atoms with van der Waals surface area (Å²) in [5.74, 6) is 1.18. The Kier molecular flexibility index (Phi) is 8.83. The van der Waals surface area contributed by atoms with Gasteiger partial charge in [0.15, 0.2) is 16.3 Å². The number of ether oxygens (including phenoxy) is 4. The smallest absolute Gasteiger partial charge is 0.338 e. The number of carbonyl (C=O) groups excluding carboxylic acids is 1. The number of benzene rings is 3. The van der Waals surface area contributed by atoms with E-state index in [9.17, 15) is 9.59 Å². The molecule has 5 rings (SSSR count). The average molecular weight is 697 g/mol. The van der Waals surface area contributed by atoms with Gasteiger partial charge >= 0.3 is 5.97 Å². The van der Waals surface area contributed by atoms with E-state index in [-0.39, 0.29) is 12.2 Å². The Morgan fingerprint density at radius 2 is 1.90 bits per heavy atom. The van der Waals surface area contributed by atoms with Crippen LogP contribution in [0.1, 0.15) is 31.0 Å². The fourth-order valence-electron chi connectivity index (χ4n) is 5.06. The Bertz CT molecular complexity index is 1920. The monoisotopic (exact) mass is 696 g/mol. The molecule has 1 aliphatic rings. The van der Waals surface area contributed by atoms with Gasteiger partial charge in [-0.15, -0.1) is 0 Å². The highest BCUT2D eigenvalue weighted by Crippen LogP contribution is 2.40. The molecule has 0 saturated heterocycles. The number of allylic oxidation sites excluding steroid dienone is 1. The lowest BCUT2D eigenvalue weighted by molar-refractivity contribution is -0.139. The SMILES string of the molecule is C=CCOc1c(I)cc(/C=c2/sc3n(c2=O)[C@H](c2c(OC)ccc4ccccc24)C(C(=O)OCC)=C(C)N=3)cc1OC. The minimum Gasteiger partial charge on any atom is -0.496 e. The second-order valence-electron chi connectivity index (χ2n) is 9.34. The summed E-state index contributed by atoms with van der Waals surface area (Å²) in [7, 11) is 3.15. The van der Waals surface area contributed by atoms with Crippen LogP contribution in [0.5, 0.6) is 17.2 Å². The van der Waals surface area contributed by atoms with Crippen LogP contribution in [0.15, 0.2) is 82.2 Å². The van der Waals surface area contributed by atoms with Gasteiger partial charge in [-0.25, -0.2) is 9.79 Å². The van der Waals surface area contributed by atoms with Crippen molar-refractivity contribution in [2.24, 2.45) is 4.99 Å². The molecule has 2 heterocycles. The van der Waals surface area contributed by atoms with Gasteiger partial charge in [-0.05, 0) is 77.0 Å². The van der Waals surface area contributed by atoms with Gasteiger partial charge in [0.05, 0.1) is 40.2 Å². The maximum absolute atomic E-state index is 14.2. The van der Waals surface area contributed by atoms with Crippen LogP contribution in [0.25, 0.3) is 16.8 Å². The third kappa shape index (κ3) is 5.36. The third-order valence-corrected chi connectivity index (χ3v) is 8.62. The normalized spacial score (nSPS) is 14.8. The standard InChI is InChI=1S/C32H29IN2O6S/c1-6-14-41-29-22(33)15-19(16-24(29)39-5)17-25-30(36)35-28(26(31(37)40-7-2)18(3)34-32(35)42-25)27-21-11-9-8-10-20(21)12-13-23(27)38-4/h6,8-13,15-17,28H,1,7,14H2,2-5H3/b25-17+/t28-/m0/s1. The molecule has 0 saturated carbocycles. The van der Waals surface area contributed by atoms with Crippen LogP contribution in [-0.2, 0) is 9.53 Å². The lowest BCUT2D eigenvalue weighted by Gasteiger charge is -2.27. The molecule has 0 aliphatic carbocycles. The summed E-state index contributed by atoms with van der Waals surface area (Å²) in [5.41, 5.74) is 1.95. The predicted molar refractivity (Wildman–Crippen MR) is 172 cm³/mol. The van der Waals surface area contributed by atoms with Crippen molar-refractivity contribution in [2.75, 3.05) is 27.4 Å². The van der Waals surface area contributed by atoms with E-state index >= 15 is 0 Å². The average Bonchev–Trinajstić information content (AvgIpc) is 3.28. The molecule has 0 bridgehead atoms. The number of hydrogen-bond acceptors (Lipinski definition) is 8. The van der Waals surface area contributed by atoms with Crippen molar-refractivity contribution in [3.63, 3.8) is 0 Å². The molecule has 10 heteroatoms. The second-order valence-corrected chi connectivity index (χ2v) is 11.5. The molecule has 0 unspecified atom stereocenters. The van der Waals surface area contributed by atoms with Crippen LogP contribution >= 0.6 is 33.9 Å². The lowest BCUT2D eigenvalue weighted by atomic mass is 9.90. The molecule has 42 heavy (non-hydrogen) atoms. The van der Waals surface area contributed by atoms with E-state index in [1.165, 1.54) is 11.3 Å². The Morgan fingerprint density at radius 1 is 1.14 bits per heavy atom. The summed E-state index contributed by atoms with van der Waals surface area (Å²) in [6, 6.07) is 14.6. The van der Waals surface area contributed by atoms with Crippen molar-refractivity contribution in [3.8, 4) is 17.2 Å². The largest absolute Gasteiger partial charge is 0.496 e. The maximum atomic E-state index is 14.2. The summed E-state index contributed by atoms with van der Waals surface area (Å²) in [5, 5.41) is 1.82.